The monoisotopic (exact) mass is 420 g/mol. The summed E-state index contributed by atoms with van der Waals surface area (Å²) in [7, 11) is 0. The zero-order valence-electron chi connectivity index (χ0n) is 20.2. The predicted molar refractivity (Wildman–Crippen MR) is 140 cm³/mol. The van der Waals surface area contributed by atoms with E-state index in [1.54, 1.807) is 0 Å². The van der Waals surface area contributed by atoms with Crippen molar-refractivity contribution in [1.82, 2.24) is 0 Å². The second kappa shape index (κ2) is 8.07. The van der Waals surface area contributed by atoms with Gasteiger partial charge in [-0.2, -0.15) is 0 Å². The van der Waals surface area contributed by atoms with E-state index in [1.165, 1.54) is 69.4 Å². The molecule has 1 atom stereocenters. The highest BCUT2D eigenvalue weighted by molar-refractivity contribution is 5.91. The standard InChI is InChI=1S/C32H36/c1-6-32(7-2)19-22(5)31-18-26(10-11-28(31)20-32)24-9-8-23(16-24)25-12-15-30-27(17-25)13-14-29(30)21(3)4/h8,10-18,21,29H,5-7,9,19-20H2,1-4H3. The molecule has 5 rings (SSSR count). The molecule has 2 aromatic rings. The smallest absolute Gasteiger partial charge is 0.00502 e. The summed E-state index contributed by atoms with van der Waals surface area (Å²) in [5, 5.41) is 0. The van der Waals surface area contributed by atoms with Crippen LogP contribution in [0, 0.1) is 11.3 Å². The molecule has 0 amide bonds. The molecule has 0 spiro atoms. The second-order valence-electron chi connectivity index (χ2n) is 10.5. The molecule has 0 bridgehead atoms. The van der Waals surface area contributed by atoms with Gasteiger partial charge < -0.3 is 0 Å². The van der Waals surface area contributed by atoms with E-state index in [4.69, 9.17) is 0 Å². The molecule has 0 heterocycles. The lowest BCUT2D eigenvalue weighted by molar-refractivity contribution is 0.261. The van der Waals surface area contributed by atoms with Crippen LogP contribution in [0.1, 0.15) is 92.7 Å². The topological polar surface area (TPSA) is 0 Å². The number of fused-ring (bicyclic) bond motifs is 2. The Morgan fingerprint density at radius 3 is 2.53 bits per heavy atom. The lowest BCUT2D eigenvalue weighted by Crippen LogP contribution is -2.26. The van der Waals surface area contributed by atoms with Gasteiger partial charge in [-0.15, -0.1) is 0 Å². The fourth-order valence-corrected chi connectivity index (χ4v) is 6.05. The molecule has 0 nitrogen and oxygen atoms in total. The van der Waals surface area contributed by atoms with Gasteiger partial charge in [-0.05, 0) is 106 Å². The summed E-state index contributed by atoms with van der Waals surface area (Å²) in [6.45, 7) is 13.8. The van der Waals surface area contributed by atoms with Crippen molar-refractivity contribution in [1.29, 1.82) is 0 Å². The maximum absolute atomic E-state index is 4.49. The summed E-state index contributed by atoms with van der Waals surface area (Å²) in [4.78, 5) is 0. The normalized spacial score (nSPS) is 20.9. The van der Waals surface area contributed by atoms with E-state index >= 15 is 0 Å². The summed E-state index contributed by atoms with van der Waals surface area (Å²) < 4.78 is 0. The number of rotatable bonds is 5. The van der Waals surface area contributed by atoms with Gasteiger partial charge >= 0.3 is 0 Å². The van der Waals surface area contributed by atoms with Crippen molar-refractivity contribution in [3.63, 3.8) is 0 Å². The average Bonchev–Trinajstić information content (AvgIpc) is 3.46. The molecule has 0 radical (unpaired) electrons. The van der Waals surface area contributed by atoms with Crippen LogP contribution >= 0.6 is 0 Å². The molecule has 0 saturated heterocycles. The maximum atomic E-state index is 4.49. The fraction of sp³-hybridized carbons (Fsp3) is 0.375. The highest BCUT2D eigenvalue weighted by Crippen LogP contribution is 2.46. The van der Waals surface area contributed by atoms with Gasteiger partial charge in [0, 0.05) is 5.92 Å². The maximum Gasteiger partial charge on any atom is 0.00502 e. The molecule has 0 fully saturated rings. The van der Waals surface area contributed by atoms with Crippen LogP contribution in [0.15, 0.2) is 61.2 Å². The lowest BCUT2D eigenvalue weighted by atomic mass is 9.66. The third-order valence-electron chi connectivity index (χ3n) is 8.37. The molecule has 3 aliphatic rings. The quantitative estimate of drug-likeness (QED) is 0.452. The first-order valence-electron chi connectivity index (χ1n) is 12.5. The molecule has 0 aromatic heterocycles. The van der Waals surface area contributed by atoms with E-state index in [1.807, 2.05) is 0 Å². The number of hydrogen-bond donors (Lipinski definition) is 0. The third kappa shape index (κ3) is 3.54. The number of allylic oxidation sites excluding steroid dienone is 6. The summed E-state index contributed by atoms with van der Waals surface area (Å²) >= 11 is 0. The molecule has 32 heavy (non-hydrogen) atoms. The minimum absolute atomic E-state index is 0.406. The molecule has 0 saturated carbocycles. The highest BCUT2D eigenvalue weighted by atomic mass is 14.4. The van der Waals surface area contributed by atoms with Gasteiger partial charge in [-0.3, -0.25) is 0 Å². The molecule has 1 unspecified atom stereocenters. The molecule has 0 N–H and O–H groups in total. The van der Waals surface area contributed by atoms with E-state index in [0.29, 0.717) is 17.3 Å². The third-order valence-corrected chi connectivity index (χ3v) is 8.37. The number of benzene rings is 2. The molecule has 0 aliphatic heterocycles. The van der Waals surface area contributed by atoms with Crippen molar-refractivity contribution >= 4 is 22.8 Å². The Bertz CT molecular complexity index is 1160. The van der Waals surface area contributed by atoms with Crippen LogP contribution in [-0.2, 0) is 6.42 Å². The number of hydrogen-bond acceptors (Lipinski definition) is 0. The highest BCUT2D eigenvalue weighted by Gasteiger charge is 2.33. The summed E-state index contributed by atoms with van der Waals surface area (Å²) in [5.74, 6) is 1.21. The predicted octanol–water partition coefficient (Wildman–Crippen LogP) is 9.09. The zero-order valence-corrected chi connectivity index (χ0v) is 20.2. The summed E-state index contributed by atoms with van der Waals surface area (Å²) in [6, 6.07) is 14.2. The van der Waals surface area contributed by atoms with Gasteiger partial charge in [0.05, 0.1) is 0 Å². The van der Waals surface area contributed by atoms with Crippen LogP contribution in [-0.4, -0.2) is 0 Å². The van der Waals surface area contributed by atoms with Gasteiger partial charge in [-0.1, -0.05) is 82.8 Å². The van der Waals surface area contributed by atoms with Crippen LogP contribution in [0.5, 0.6) is 0 Å². The van der Waals surface area contributed by atoms with E-state index in [2.05, 4.69) is 95.0 Å². The second-order valence-corrected chi connectivity index (χ2v) is 10.5. The molecule has 2 aromatic carbocycles. The van der Waals surface area contributed by atoms with Crippen molar-refractivity contribution in [3.8, 4) is 0 Å². The molecule has 3 aliphatic carbocycles. The average molecular weight is 421 g/mol. The van der Waals surface area contributed by atoms with Crippen molar-refractivity contribution in [2.24, 2.45) is 11.3 Å². The zero-order chi connectivity index (χ0) is 22.5. The minimum Gasteiger partial charge on any atom is -0.0952 e. The van der Waals surface area contributed by atoms with E-state index in [0.717, 1.165) is 12.8 Å². The van der Waals surface area contributed by atoms with Gasteiger partial charge in [0.15, 0.2) is 0 Å². The van der Waals surface area contributed by atoms with Gasteiger partial charge in [-0.25, -0.2) is 0 Å². The SMILES string of the molecule is C=C1CC(CC)(CC)Cc2ccc(C3=CC(c4ccc5c(c4)C=CC5C(C)C)=CC3)cc21. The molecule has 164 valence electrons. The Balaban J connectivity index is 1.40. The first kappa shape index (κ1) is 21.3. The van der Waals surface area contributed by atoms with Gasteiger partial charge in [0.1, 0.15) is 0 Å². The minimum atomic E-state index is 0.406. The summed E-state index contributed by atoms with van der Waals surface area (Å²) in [5.41, 5.74) is 13.0. The Morgan fingerprint density at radius 2 is 1.78 bits per heavy atom. The van der Waals surface area contributed by atoms with E-state index in [-0.39, 0.29) is 0 Å². The molecular formula is C32H36. The van der Waals surface area contributed by atoms with Crippen molar-refractivity contribution in [3.05, 3.63) is 94.6 Å². The van der Waals surface area contributed by atoms with Gasteiger partial charge in [0.2, 0.25) is 0 Å². The van der Waals surface area contributed by atoms with Crippen molar-refractivity contribution in [2.75, 3.05) is 0 Å². The van der Waals surface area contributed by atoms with Crippen LogP contribution in [0.25, 0.3) is 22.8 Å². The van der Waals surface area contributed by atoms with E-state index < -0.39 is 0 Å². The molecule has 0 heteroatoms. The van der Waals surface area contributed by atoms with Crippen LogP contribution in [0.4, 0.5) is 0 Å². The van der Waals surface area contributed by atoms with E-state index in [9.17, 15) is 0 Å². The Kier molecular flexibility index (Phi) is 5.36. The lowest BCUT2D eigenvalue weighted by Gasteiger charge is -2.38. The van der Waals surface area contributed by atoms with Crippen LogP contribution in [0.2, 0.25) is 0 Å². The van der Waals surface area contributed by atoms with Crippen LogP contribution in [0.3, 0.4) is 0 Å². The van der Waals surface area contributed by atoms with Crippen molar-refractivity contribution < 1.29 is 0 Å². The van der Waals surface area contributed by atoms with Crippen molar-refractivity contribution in [2.45, 2.75) is 65.7 Å². The first-order valence-corrected chi connectivity index (χ1v) is 12.5. The Labute approximate surface area is 194 Å². The summed E-state index contributed by atoms with van der Waals surface area (Å²) in [6.07, 6.45) is 15.3. The Morgan fingerprint density at radius 1 is 1.00 bits per heavy atom. The molecular weight excluding hydrogens is 384 g/mol. The first-order chi connectivity index (χ1) is 15.4. The fourth-order valence-electron chi connectivity index (χ4n) is 6.05. The Hall–Kier alpha value is -2.60. The van der Waals surface area contributed by atoms with Gasteiger partial charge in [0.25, 0.3) is 0 Å². The largest absolute Gasteiger partial charge is 0.0952 e. The van der Waals surface area contributed by atoms with Crippen LogP contribution < -0.4 is 0 Å².